The van der Waals surface area contributed by atoms with Crippen LogP contribution in [0.15, 0.2) is 29.2 Å². The van der Waals surface area contributed by atoms with Crippen LogP contribution in [0.25, 0.3) is 0 Å². The van der Waals surface area contributed by atoms with Crippen molar-refractivity contribution in [2.24, 2.45) is 5.92 Å². The highest BCUT2D eigenvalue weighted by Crippen LogP contribution is 2.24. The van der Waals surface area contributed by atoms with Gasteiger partial charge in [-0.2, -0.15) is 4.31 Å². The molecule has 4 nitrogen and oxygen atoms in total. The van der Waals surface area contributed by atoms with Crippen LogP contribution in [0.2, 0.25) is 5.02 Å². The van der Waals surface area contributed by atoms with Crippen LogP contribution in [0.5, 0.6) is 0 Å². The largest absolute Gasteiger partial charge is 0.368 e. The minimum absolute atomic E-state index is 0.189. The van der Waals surface area contributed by atoms with E-state index in [2.05, 4.69) is 5.92 Å². The number of rotatable bonds is 5. The van der Waals surface area contributed by atoms with Gasteiger partial charge in [0.05, 0.1) is 11.5 Å². The molecule has 0 unspecified atom stereocenters. The molecule has 1 aromatic rings. The van der Waals surface area contributed by atoms with E-state index in [4.69, 9.17) is 22.8 Å². The summed E-state index contributed by atoms with van der Waals surface area (Å²) >= 11 is 5.80. The molecule has 0 bridgehead atoms. The number of ether oxygens (including phenoxy) is 1. The molecule has 1 fully saturated rings. The lowest BCUT2D eigenvalue weighted by atomic mass is 10.0. The maximum Gasteiger partial charge on any atom is 0.243 e. The first-order valence-corrected chi connectivity index (χ1v) is 8.63. The number of piperidine rings is 1. The summed E-state index contributed by atoms with van der Waals surface area (Å²) in [5.74, 6) is 2.60. The molecule has 0 aliphatic carbocycles. The Morgan fingerprint density at radius 3 is 2.76 bits per heavy atom. The van der Waals surface area contributed by atoms with Crippen LogP contribution in [0.1, 0.15) is 12.8 Å². The Morgan fingerprint density at radius 1 is 1.38 bits per heavy atom. The zero-order valence-electron chi connectivity index (χ0n) is 11.7. The zero-order valence-corrected chi connectivity index (χ0v) is 13.2. The van der Waals surface area contributed by atoms with E-state index in [0.29, 0.717) is 24.7 Å². The monoisotopic (exact) mass is 327 g/mol. The van der Waals surface area contributed by atoms with Crippen molar-refractivity contribution < 1.29 is 13.2 Å². The summed E-state index contributed by atoms with van der Waals surface area (Å²) in [7, 11) is -3.46. The molecule has 0 aromatic heterocycles. The zero-order chi connectivity index (χ0) is 15.3. The predicted molar refractivity (Wildman–Crippen MR) is 82.6 cm³/mol. The Bertz CT molecular complexity index is 607. The third kappa shape index (κ3) is 4.21. The van der Waals surface area contributed by atoms with Gasteiger partial charge in [-0.05, 0) is 43.0 Å². The molecule has 1 aromatic carbocycles. The Balaban J connectivity index is 2.06. The average Bonchev–Trinajstić information content (AvgIpc) is 2.48. The predicted octanol–water partition coefficient (Wildman–Crippen LogP) is 2.39. The second-order valence-corrected chi connectivity index (χ2v) is 7.42. The average molecular weight is 328 g/mol. The fourth-order valence-electron chi connectivity index (χ4n) is 2.42. The van der Waals surface area contributed by atoms with Gasteiger partial charge in [-0.15, -0.1) is 6.42 Å². The van der Waals surface area contributed by atoms with Gasteiger partial charge in [0.1, 0.15) is 6.61 Å². The lowest BCUT2D eigenvalue weighted by molar-refractivity contribution is 0.0990. The van der Waals surface area contributed by atoms with Gasteiger partial charge in [0, 0.05) is 18.1 Å². The summed E-state index contributed by atoms with van der Waals surface area (Å²) in [5.41, 5.74) is 0. The highest BCUT2D eigenvalue weighted by molar-refractivity contribution is 7.89. The van der Waals surface area contributed by atoms with E-state index in [1.807, 2.05) is 0 Å². The molecule has 1 saturated heterocycles. The van der Waals surface area contributed by atoms with E-state index in [0.717, 1.165) is 12.8 Å². The van der Waals surface area contributed by atoms with E-state index >= 15 is 0 Å². The minimum Gasteiger partial charge on any atom is -0.368 e. The molecule has 0 radical (unpaired) electrons. The quantitative estimate of drug-likeness (QED) is 0.616. The first-order chi connectivity index (χ1) is 10.0. The van der Waals surface area contributed by atoms with Crippen LogP contribution in [0.4, 0.5) is 0 Å². The van der Waals surface area contributed by atoms with Gasteiger partial charge in [0.15, 0.2) is 0 Å². The fraction of sp³-hybridized carbons (Fsp3) is 0.467. The second kappa shape index (κ2) is 7.28. The van der Waals surface area contributed by atoms with Crippen LogP contribution in [0, 0.1) is 18.3 Å². The molecule has 1 atom stereocenters. The Kier molecular flexibility index (Phi) is 5.65. The number of sulfonamides is 1. The summed E-state index contributed by atoms with van der Waals surface area (Å²) in [4.78, 5) is 0.275. The maximum atomic E-state index is 12.6. The lowest BCUT2D eigenvalue weighted by Crippen LogP contribution is -2.41. The highest BCUT2D eigenvalue weighted by atomic mass is 35.5. The Labute approximate surface area is 131 Å². The van der Waals surface area contributed by atoms with E-state index < -0.39 is 10.0 Å². The van der Waals surface area contributed by atoms with Gasteiger partial charge in [-0.25, -0.2) is 8.42 Å². The number of benzene rings is 1. The van der Waals surface area contributed by atoms with E-state index in [-0.39, 0.29) is 17.4 Å². The second-order valence-electron chi connectivity index (χ2n) is 5.04. The molecule has 114 valence electrons. The van der Waals surface area contributed by atoms with Crippen molar-refractivity contribution in [2.45, 2.75) is 17.7 Å². The van der Waals surface area contributed by atoms with Gasteiger partial charge in [-0.3, -0.25) is 0 Å². The molecule has 0 spiro atoms. The van der Waals surface area contributed by atoms with Crippen LogP contribution >= 0.6 is 11.6 Å². The molecule has 1 aliphatic heterocycles. The molecule has 2 rings (SSSR count). The van der Waals surface area contributed by atoms with Crippen molar-refractivity contribution in [2.75, 3.05) is 26.3 Å². The standard InChI is InChI=1S/C15H18ClNO3S/c1-2-10-20-12-13-4-3-9-17(11-13)21(18,19)15-7-5-14(16)6-8-15/h1,5-8,13H,3-4,9-12H2/t13-/m1/s1. The molecule has 6 heteroatoms. The van der Waals surface area contributed by atoms with Crippen molar-refractivity contribution in [3.63, 3.8) is 0 Å². The minimum atomic E-state index is -3.46. The molecule has 0 N–H and O–H groups in total. The molecule has 0 amide bonds. The number of nitrogens with zero attached hydrogens (tertiary/aromatic N) is 1. The van der Waals surface area contributed by atoms with Crippen molar-refractivity contribution in [1.82, 2.24) is 4.31 Å². The van der Waals surface area contributed by atoms with Crippen LogP contribution < -0.4 is 0 Å². The number of terminal acetylenes is 1. The van der Waals surface area contributed by atoms with Gasteiger partial charge >= 0.3 is 0 Å². The van der Waals surface area contributed by atoms with Crippen LogP contribution in [-0.2, 0) is 14.8 Å². The van der Waals surface area contributed by atoms with Crippen LogP contribution in [0.3, 0.4) is 0 Å². The van der Waals surface area contributed by atoms with Gasteiger partial charge in [-0.1, -0.05) is 17.5 Å². The number of hydrogen-bond donors (Lipinski definition) is 0. The topological polar surface area (TPSA) is 46.6 Å². The van der Waals surface area contributed by atoms with E-state index in [1.165, 1.54) is 16.4 Å². The lowest BCUT2D eigenvalue weighted by Gasteiger charge is -2.31. The van der Waals surface area contributed by atoms with E-state index in [9.17, 15) is 8.42 Å². The molecule has 1 heterocycles. The molecular formula is C15H18ClNO3S. The third-order valence-electron chi connectivity index (χ3n) is 3.47. The number of hydrogen-bond acceptors (Lipinski definition) is 3. The Hall–Kier alpha value is -1.06. The van der Waals surface area contributed by atoms with Gasteiger partial charge < -0.3 is 4.74 Å². The van der Waals surface area contributed by atoms with Gasteiger partial charge in [0.25, 0.3) is 0 Å². The van der Waals surface area contributed by atoms with Crippen molar-refractivity contribution >= 4 is 21.6 Å². The summed E-state index contributed by atoms with van der Waals surface area (Å²) < 4.78 is 32.0. The van der Waals surface area contributed by atoms with Crippen molar-refractivity contribution in [3.8, 4) is 12.3 Å². The Morgan fingerprint density at radius 2 is 2.10 bits per heavy atom. The summed E-state index contributed by atoms with van der Waals surface area (Å²) in [6.45, 7) is 1.77. The molecule has 21 heavy (non-hydrogen) atoms. The molecular weight excluding hydrogens is 310 g/mol. The molecule has 0 saturated carbocycles. The van der Waals surface area contributed by atoms with Crippen molar-refractivity contribution in [1.29, 1.82) is 0 Å². The normalized spacial score (nSPS) is 20.1. The first kappa shape index (κ1) is 16.3. The smallest absolute Gasteiger partial charge is 0.243 e. The molecule has 1 aliphatic rings. The summed E-state index contributed by atoms with van der Waals surface area (Å²) in [5, 5.41) is 0.521. The van der Waals surface area contributed by atoms with E-state index in [1.54, 1.807) is 12.1 Å². The van der Waals surface area contributed by atoms with Crippen molar-refractivity contribution in [3.05, 3.63) is 29.3 Å². The summed E-state index contributed by atoms with van der Waals surface area (Å²) in [6.07, 6.45) is 6.92. The van der Waals surface area contributed by atoms with Gasteiger partial charge in [0.2, 0.25) is 10.0 Å². The SMILES string of the molecule is C#CCOC[C@@H]1CCCN(S(=O)(=O)c2ccc(Cl)cc2)C1. The number of halogens is 1. The first-order valence-electron chi connectivity index (χ1n) is 6.81. The van der Waals surface area contributed by atoms with Crippen LogP contribution in [-0.4, -0.2) is 39.0 Å². The summed E-state index contributed by atoms with van der Waals surface area (Å²) in [6, 6.07) is 6.25. The fourth-order valence-corrected chi connectivity index (χ4v) is 4.10. The maximum absolute atomic E-state index is 12.6. The third-order valence-corrected chi connectivity index (χ3v) is 5.60. The highest BCUT2D eigenvalue weighted by Gasteiger charge is 2.30.